The van der Waals surface area contributed by atoms with E-state index in [1.54, 1.807) is 32.9 Å². The SMILES string of the molecule is CCOC(=O)[C@]1(CC)N[C@H](c2cccc(F)c2)[C@H]2C(=O)N(CC)C(=O)[C@H]21. The molecule has 2 amide bonds. The molecule has 7 heteroatoms. The van der Waals surface area contributed by atoms with Crippen molar-refractivity contribution < 1.29 is 23.5 Å². The first-order chi connectivity index (χ1) is 12.4. The van der Waals surface area contributed by atoms with Crippen molar-refractivity contribution in [2.75, 3.05) is 13.2 Å². The molecule has 0 radical (unpaired) electrons. The van der Waals surface area contributed by atoms with Gasteiger partial charge in [-0.15, -0.1) is 0 Å². The summed E-state index contributed by atoms with van der Waals surface area (Å²) in [5, 5.41) is 3.18. The van der Waals surface area contributed by atoms with Crippen molar-refractivity contribution in [3.05, 3.63) is 35.6 Å². The molecule has 2 aliphatic heterocycles. The minimum Gasteiger partial charge on any atom is -0.465 e. The van der Waals surface area contributed by atoms with Gasteiger partial charge < -0.3 is 4.74 Å². The molecule has 0 saturated carbocycles. The number of carbonyl (C=O) groups excluding carboxylic acids is 3. The third kappa shape index (κ3) is 2.53. The highest BCUT2D eigenvalue weighted by atomic mass is 19.1. The van der Waals surface area contributed by atoms with E-state index in [-0.39, 0.29) is 31.4 Å². The standard InChI is InChI=1S/C19H23FN2O4/c1-4-19(18(25)26-6-3)14-13(16(23)22(5-2)17(14)24)15(21-19)11-8-7-9-12(20)10-11/h7-10,13-15,21H,4-6H2,1-3H3/t13-,14-,15+,19+/m0/s1. The summed E-state index contributed by atoms with van der Waals surface area (Å²) in [4.78, 5) is 39.8. The number of amides is 2. The Balaban J connectivity index is 2.13. The number of nitrogens with zero attached hydrogens (tertiary/aromatic N) is 1. The highest BCUT2D eigenvalue weighted by molar-refractivity contribution is 6.09. The number of imide groups is 1. The molecule has 2 fully saturated rings. The number of hydrogen-bond donors (Lipinski definition) is 1. The number of hydrogen-bond acceptors (Lipinski definition) is 5. The summed E-state index contributed by atoms with van der Waals surface area (Å²) in [6, 6.07) is 5.26. The smallest absolute Gasteiger partial charge is 0.327 e. The molecule has 1 N–H and O–H groups in total. The Morgan fingerprint density at radius 1 is 1.27 bits per heavy atom. The Morgan fingerprint density at radius 2 is 2.00 bits per heavy atom. The van der Waals surface area contributed by atoms with Crippen LogP contribution < -0.4 is 5.32 Å². The maximum Gasteiger partial charge on any atom is 0.327 e. The maximum absolute atomic E-state index is 13.8. The van der Waals surface area contributed by atoms with Gasteiger partial charge in [0.05, 0.1) is 18.4 Å². The van der Waals surface area contributed by atoms with E-state index in [0.29, 0.717) is 5.56 Å². The molecule has 1 aromatic rings. The van der Waals surface area contributed by atoms with Crippen molar-refractivity contribution in [1.82, 2.24) is 10.2 Å². The van der Waals surface area contributed by atoms with Gasteiger partial charge in [0.2, 0.25) is 11.8 Å². The monoisotopic (exact) mass is 362 g/mol. The van der Waals surface area contributed by atoms with Gasteiger partial charge in [-0.1, -0.05) is 19.1 Å². The fraction of sp³-hybridized carbons (Fsp3) is 0.526. The minimum atomic E-state index is -1.30. The van der Waals surface area contributed by atoms with Crippen LogP contribution in [0.4, 0.5) is 4.39 Å². The van der Waals surface area contributed by atoms with Crippen molar-refractivity contribution in [2.45, 2.75) is 38.8 Å². The number of nitrogens with one attached hydrogen (secondary N) is 1. The molecule has 0 aliphatic carbocycles. The van der Waals surface area contributed by atoms with Crippen LogP contribution in [-0.2, 0) is 19.1 Å². The second-order valence-corrected chi connectivity index (χ2v) is 6.65. The van der Waals surface area contributed by atoms with E-state index in [2.05, 4.69) is 5.32 Å². The molecule has 0 aromatic heterocycles. The number of fused-ring (bicyclic) bond motifs is 1. The number of esters is 1. The molecule has 6 nitrogen and oxygen atoms in total. The molecule has 0 spiro atoms. The van der Waals surface area contributed by atoms with Gasteiger partial charge in [-0.3, -0.25) is 24.6 Å². The zero-order valence-electron chi connectivity index (χ0n) is 15.1. The van der Waals surface area contributed by atoms with Gasteiger partial charge in [0.25, 0.3) is 0 Å². The largest absolute Gasteiger partial charge is 0.465 e. The van der Waals surface area contributed by atoms with Gasteiger partial charge in [0.1, 0.15) is 11.4 Å². The Labute approximate surface area is 151 Å². The van der Waals surface area contributed by atoms with Crippen molar-refractivity contribution in [2.24, 2.45) is 11.8 Å². The van der Waals surface area contributed by atoms with Gasteiger partial charge in [0, 0.05) is 12.6 Å². The van der Waals surface area contributed by atoms with Crippen LogP contribution in [0, 0.1) is 17.7 Å². The highest BCUT2D eigenvalue weighted by Crippen LogP contribution is 2.50. The molecule has 140 valence electrons. The normalized spacial score (nSPS) is 30.6. The van der Waals surface area contributed by atoms with Crippen molar-refractivity contribution in [3.8, 4) is 0 Å². The number of rotatable bonds is 5. The van der Waals surface area contributed by atoms with Crippen LogP contribution >= 0.6 is 0 Å². The minimum absolute atomic E-state index is 0.171. The van der Waals surface area contributed by atoms with Crippen LogP contribution in [0.2, 0.25) is 0 Å². The van der Waals surface area contributed by atoms with Crippen LogP contribution in [0.25, 0.3) is 0 Å². The predicted molar refractivity (Wildman–Crippen MR) is 91.3 cm³/mol. The number of benzene rings is 1. The van der Waals surface area contributed by atoms with Crippen LogP contribution in [0.15, 0.2) is 24.3 Å². The summed E-state index contributed by atoms with van der Waals surface area (Å²) in [5.74, 6) is -3.29. The predicted octanol–water partition coefficient (Wildman–Crippen LogP) is 1.80. The highest BCUT2D eigenvalue weighted by Gasteiger charge is 2.67. The van der Waals surface area contributed by atoms with E-state index in [4.69, 9.17) is 4.74 Å². The third-order valence-corrected chi connectivity index (χ3v) is 5.47. The number of halogens is 1. The summed E-state index contributed by atoms with van der Waals surface area (Å²) >= 11 is 0. The summed E-state index contributed by atoms with van der Waals surface area (Å²) in [5.41, 5.74) is -0.757. The Kier molecular flexibility index (Phi) is 4.84. The number of carbonyl (C=O) groups is 3. The topological polar surface area (TPSA) is 75.7 Å². The van der Waals surface area contributed by atoms with E-state index in [1.165, 1.54) is 17.0 Å². The molecule has 0 unspecified atom stereocenters. The molecular formula is C19H23FN2O4. The van der Waals surface area contributed by atoms with Crippen molar-refractivity contribution in [1.29, 1.82) is 0 Å². The van der Waals surface area contributed by atoms with Gasteiger partial charge in [0.15, 0.2) is 0 Å². The summed E-state index contributed by atoms with van der Waals surface area (Å²) < 4.78 is 19.0. The molecule has 2 saturated heterocycles. The Morgan fingerprint density at radius 3 is 2.58 bits per heavy atom. The average Bonchev–Trinajstić information content (AvgIpc) is 3.10. The van der Waals surface area contributed by atoms with Gasteiger partial charge in [-0.05, 0) is 38.0 Å². The molecular weight excluding hydrogens is 339 g/mol. The summed E-state index contributed by atoms with van der Waals surface area (Å²) in [6.45, 7) is 5.60. The van der Waals surface area contributed by atoms with Gasteiger partial charge in [-0.25, -0.2) is 4.39 Å². The van der Waals surface area contributed by atoms with Gasteiger partial charge >= 0.3 is 5.97 Å². The molecule has 0 bridgehead atoms. The summed E-state index contributed by atoms with van der Waals surface area (Å²) in [7, 11) is 0. The Bertz CT molecular complexity index is 753. The van der Waals surface area contributed by atoms with E-state index in [0.717, 1.165) is 0 Å². The van der Waals surface area contributed by atoms with E-state index < -0.39 is 35.2 Å². The molecule has 2 heterocycles. The van der Waals surface area contributed by atoms with Crippen LogP contribution in [0.3, 0.4) is 0 Å². The first kappa shape index (κ1) is 18.5. The summed E-state index contributed by atoms with van der Waals surface area (Å²) in [6.07, 6.45) is 0.287. The lowest BCUT2D eigenvalue weighted by atomic mass is 9.78. The molecule has 26 heavy (non-hydrogen) atoms. The lowest BCUT2D eigenvalue weighted by Crippen LogP contribution is -2.56. The third-order valence-electron chi connectivity index (χ3n) is 5.47. The van der Waals surface area contributed by atoms with Crippen molar-refractivity contribution in [3.63, 3.8) is 0 Å². The molecule has 4 atom stereocenters. The second-order valence-electron chi connectivity index (χ2n) is 6.65. The zero-order valence-corrected chi connectivity index (χ0v) is 15.1. The second kappa shape index (κ2) is 6.79. The average molecular weight is 362 g/mol. The Hall–Kier alpha value is -2.28. The van der Waals surface area contributed by atoms with Crippen molar-refractivity contribution >= 4 is 17.8 Å². The van der Waals surface area contributed by atoms with E-state index >= 15 is 0 Å². The van der Waals surface area contributed by atoms with E-state index in [1.807, 2.05) is 0 Å². The van der Waals surface area contributed by atoms with E-state index in [9.17, 15) is 18.8 Å². The lowest BCUT2D eigenvalue weighted by molar-refractivity contribution is -0.156. The maximum atomic E-state index is 13.8. The first-order valence-corrected chi connectivity index (χ1v) is 8.96. The van der Waals surface area contributed by atoms with Gasteiger partial charge in [-0.2, -0.15) is 0 Å². The molecule has 1 aromatic carbocycles. The van der Waals surface area contributed by atoms with Crippen LogP contribution in [-0.4, -0.2) is 41.4 Å². The van der Waals surface area contributed by atoms with Crippen LogP contribution in [0.1, 0.15) is 38.8 Å². The fourth-order valence-electron chi connectivity index (χ4n) is 4.28. The first-order valence-electron chi connectivity index (χ1n) is 8.96. The molecule has 3 rings (SSSR count). The van der Waals surface area contributed by atoms with Crippen LogP contribution in [0.5, 0.6) is 0 Å². The zero-order chi connectivity index (χ0) is 19.1. The number of ether oxygens (including phenoxy) is 1. The number of likely N-dealkylation sites (tertiary alicyclic amines) is 1. The molecule has 2 aliphatic rings. The fourth-order valence-corrected chi connectivity index (χ4v) is 4.28. The quantitative estimate of drug-likeness (QED) is 0.639. The lowest BCUT2D eigenvalue weighted by Gasteiger charge is -2.31.